The number of rotatable bonds is 7. The number of carbonyl (C=O) groups excluding carboxylic acids is 1. The zero-order chi connectivity index (χ0) is 16.0. The third-order valence-corrected chi connectivity index (χ3v) is 3.94. The van der Waals surface area contributed by atoms with Crippen LogP contribution in [0.3, 0.4) is 0 Å². The second kappa shape index (κ2) is 7.51. The van der Waals surface area contributed by atoms with Crippen LogP contribution in [0.5, 0.6) is 11.5 Å². The molecule has 118 valence electrons. The average Bonchev–Trinajstić information content (AvgIpc) is 2.42. The molecule has 0 spiro atoms. The maximum atomic E-state index is 11.4. The molecule has 21 heavy (non-hydrogen) atoms. The van der Waals surface area contributed by atoms with Gasteiger partial charge in [-0.2, -0.15) is 0 Å². The molecule has 0 amide bonds. The van der Waals surface area contributed by atoms with Crippen LogP contribution in [0.4, 0.5) is 0 Å². The summed E-state index contributed by atoms with van der Waals surface area (Å²) in [6.07, 6.45) is 0. The highest BCUT2D eigenvalue weighted by Gasteiger charge is 2.15. The van der Waals surface area contributed by atoms with E-state index in [0.29, 0.717) is 17.1 Å². The SMILES string of the molecule is COC(=O)c1ccc(OCC(C)CS(=O)(=O)Cl)c(OC)c1. The molecule has 1 aromatic carbocycles. The zero-order valence-electron chi connectivity index (χ0n) is 12.0. The summed E-state index contributed by atoms with van der Waals surface area (Å²) in [7, 11) is 4.34. The summed E-state index contributed by atoms with van der Waals surface area (Å²) >= 11 is 0. The van der Waals surface area contributed by atoms with Crippen molar-refractivity contribution in [2.75, 3.05) is 26.6 Å². The Hall–Kier alpha value is -1.47. The molecule has 1 unspecified atom stereocenters. The van der Waals surface area contributed by atoms with Gasteiger partial charge in [-0.1, -0.05) is 6.92 Å². The van der Waals surface area contributed by atoms with E-state index in [4.69, 9.17) is 20.2 Å². The number of hydrogen-bond donors (Lipinski definition) is 0. The van der Waals surface area contributed by atoms with Crippen molar-refractivity contribution in [3.05, 3.63) is 23.8 Å². The maximum Gasteiger partial charge on any atom is 0.337 e. The zero-order valence-corrected chi connectivity index (χ0v) is 13.5. The van der Waals surface area contributed by atoms with E-state index in [1.54, 1.807) is 13.0 Å². The molecule has 6 nitrogen and oxygen atoms in total. The van der Waals surface area contributed by atoms with E-state index < -0.39 is 15.0 Å². The monoisotopic (exact) mass is 336 g/mol. The number of benzene rings is 1. The number of carbonyl (C=O) groups is 1. The lowest BCUT2D eigenvalue weighted by Gasteiger charge is -2.14. The molecule has 0 heterocycles. The van der Waals surface area contributed by atoms with Gasteiger partial charge in [0.25, 0.3) is 0 Å². The highest BCUT2D eigenvalue weighted by molar-refractivity contribution is 8.13. The molecule has 0 aromatic heterocycles. The van der Waals surface area contributed by atoms with E-state index in [9.17, 15) is 13.2 Å². The predicted molar refractivity (Wildman–Crippen MR) is 78.6 cm³/mol. The predicted octanol–water partition coefficient (Wildman–Crippen LogP) is 2.07. The van der Waals surface area contributed by atoms with Gasteiger partial charge in [-0.25, -0.2) is 13.2 Å². The Kier molecular flexibility index (Phi) is 6.29. The molecule has 1 rings (SSSR count). The van der Waals surface area contributed by atoms with Crippen molar-refractivity contribution in [2.45, 2.75) is 6.92 Å². The topological polar surface area (TPSA) is 78.9 Å². The Labute approximate surface area is 128 Å². The fraction of sp³-hybridized carbons (Fsp3) is 0.462. The average molecular weight is 337 g/mol. The molecule has 0 aliphatic rings. The van der Waals surface area contributed by atoms with Gasteiger partial charge in [0.2, 0.25) is 9.05 Å². The van der Waals surface area contributed by atoms with E-state index >= 15 is 0 Å². The summed E-state index contributed by atoms with van der Waals surface area (Å²) in [5.41, 5.74) is 0.332. The Morgan fingerprint density at radius 3 is 2.48 bits per heavy atom. The lowest BCUT2D eigenvalue weighted by molar-refractivity contribution is 0.0600. The summed E-state index contributed by atoms with van der Waals surface area (Å²) in [6, 6.07) is 4.59. The smallest absolute Gasteiger partial charge is 0.337 e. The van der Waals surface area contributed by atoms with Crippen LogP contribution in [0.25, 0.3) is 0 Å². The van der Waals surface area contributed by atoms with Crippen molar-refractivity contribution in [1.82, 2.24) is 0 Å². The maximum absolute atomic E-state index is 11.4. The van der Waals surface area contributed by atoms with Crippen molar-refractivity contribution in [3.63, 3.8) is 0 Å². The minimum Gasteiger partial charge on any atom is -0.493 e. The highest BCUT2D eigenvalue weighted by Crippen LogP contribution is 2.28. The summed E-state index contributed by atoms with van der Waals surface area (Å²) in [5.74, 6) is -0.182. The van der Waals surface area contributed by atoms with Crippen LogP contribution in [0.1, 0.15) is 17.3 Å². The van der Waals surface area contributed by atoms with Crippen LogP contribution in [-0.4, -0.2) is 41.0 Å². The molecular weight excluding hydrogens is 320 g/mol. The Balaban J connectivity index is 2.77. The van der Waals surface area contributed by atoms with Crippen LogP contribution in [0.2, 0.25) is 0 Å². The standard InChI is InChI=1S/C13H17ClO6S/c1-9(8-21(14,16)17)7-20-11-5-4-10(13(15)19-3)6-12(11)18-2/h4-6,9H,7-8H2,1-3H3. The molecule has 0 saturated heterocycles. The molecule has 0 bridgehead atoms. The van der Waals surface area contributed by atoms with Gasteiger partial charge in [-0.3, -0.25) is 0 Å². The van der Waals surface area contributed by atoms with Gasteiger partial charge in [0, 0.05) is 16.6 Å². The van der Waals surface area contributed by atoms with Crippen molar-refractivity contribution >= 4 is 25.7 Å². The van der Waals surface area contributed by atoms with E-state index in [2.05, 4.69) is 4.74 Å². The quantitative estimate of drug-likeness (QED) is 0.560. The molecule has 0 radical (unpaired) electrons. The van der Waals surface area contributed by atoms with Gasteiger partial charge in [-0.15, -0.1) is 0 Å². The van der Waals surface area contributed by atoms with Crippen molar-refractivity contribution in [3.8, 4) is 11.5 Å². The van der Waals surface area contributed by atoms with Gasteiger partial charge in [-0.05, 0) is 18.2 Å². The molecule has 0 fully saturated rings. The minimum atomic E-state index is -3.56. The Morgan fingerprint density at radius 2 is 1.95 bits per heavy atom. The normalized spacial score (nSPS) is 12.6. The molecule has 1 aromatic rings. The van der Waals surface area contributed by atoms with Crippen LogP contribution < -0.4 is 9.47 Å². The van der Waals surface area contributed by atoms with Gasteiger partial charge in [0.1, 0.15) is 0 Å². The van der Waals surface area contributed by atoms with E-state index in [0.717, 1.165) is 0 Å². The summed E-state index contributed by atoms with van der Waals surface area (Å²) in [6.45, 7) is 1.86. The second-order valence-corrected chi connectivity index (χ2v) is 7.30. The first-order valence-electron chi connectivity index (χ1n) is 6.08. The van der Waals surface area contributed by atoms with Crippen molar-refractivity contribution in [1.29, 1.82) is 0 Å². The summed E-state index contributed by atoms with van der Waals surface area (Å²) in [4.78, 5) is 11.4. The first-order chi connectivity index (χ1) is 9.76. The fourth-order valence-corrected chi connectivity index (χ4v) is 3.07. The molecule has 0 aliphatic carbocycles. The van der Waals surface area contributed by atoms with Crippen LogP contribution in [0, 0.1) is 5.92 Å². The van der Waals surface area contributed by atoms with Crippen LogP contribution >= 0.6 is 10.7 Å². The van der Waals surface area contributed by atoms with Crippen molar-refractivity contribution < 1.29 is 27.4 Å². The summed E-state index contributed by atoms with van der Waals surface area (Å²) < 4.78 is 37.2. The molecule has 0 aliphatic heterocycles. The van der Waals surface area contributed by atoms with Crippen LogP contribution in [0.15, 0.2) is 18.2 Å². The van der Waals surface area contributed by atoms with E-state index in [1.807, 2.05) is 0 Å². The third-order valence-electron chi connectivity index (χ3n) is 2.59. The fourth-order valence-electron chi connectivity index (χ4n) is 1.65. The molecule has 8 heteroatoms. The number of methoxy groups -OCH3 is 2. The molecular formula is C13H17ClO6S. The first-order valence-corrected chi connectivity index (χ1v) is 8.56. The Bertz CT molecular complexity index is 599. The van der Waals surface area contributed by atoms with Crippen LogP contribution in [-0.2, 0) is 13.8 Å². The van der Waals surface area contributed by atoms with E-state index in [-0.39, 0.29) is 18.3 Å². The van der Waals surface area contributed by atoms with Gasteiger partial charge in [0.15, 0.2) is 11.5 Å². The molecule has 1 atom stereocenters. The molecule has 0 saturated carbocycles. The second-order valence-electron chi connectivity index (χ2n) is 4.48. The number of halogens is 1. The van der Waals surface area contributed by atoms with Gasteiger partial charge < -0.3 is 14.2 Å². The third kappa shape index (κ3) is 5.81. The van der Waals surface area contributed by atoms with Gasteiger partial charge >= 0.3 is 5.97 Å². The van der Waals surface area contributed by atoms with E-state index in [1.165, 1.54) is 26.4 Å². The number of esters is 1. The largest absolute Gasteiger partial charge is 0.493 e. The highest BCUT2D eigenvalue weighted by atomic mass is 35.7. The van der Waals surface area contributed by atoms with Crippen molar-refractivity contribution in [2.24, 2.45) is 5.92 Å². The summed E-state index contributed by atoms with van der Waals surface area (Å²) in [5, 5.41) is 0. The minimum absolute atomic E-state index is 0.153. The number of hydrogen-bond acceptors (Lipinski definition) is 6. The molecule has 0 N–H and O–H groups in total. The van der Waals surface area contributed by atoms with Gasteiger partial charge in [0.05, 0.1) is 32.1 Å². The lowest BCUT2D eigenvalue weighted by atomic mass is 10.2. The Morgan fingerprint density at radius 1 is 1.29 bits per heavy atom. The number of ether oxygens (including phenoxy) is 3. The lowest BCUT2D eigenvalue weighted by Crippen LogP contribution is -2.16. The first kappa shape index (κ1) is 17.6.